The molecule has 0 amide bonds. The monoisotopic (exact) mass is 274 g/mol. The van der Waals surface area contributed by atoms with Gasteiger partial charge in [0.2, 0.25) is 0 Å². The van der Waals surface area contributed by atoms with Crippen molar-refractivity contribution in [2.45, 2.75) is 5.92 Å². The summed E-state index contributed by atoms with van der Waals surface area (Å²) < 4.78 is 44.6. The molecule has 18 heavy (non-hydrogen) atoms. The molecule has 1 aliphatic heterocycles. The van der Waals surface area contributed by atoms with Crippen LogP contribution >= 0.6 is 11.3 Å². The summed E-state index contributed by atoms with van der Waals surface area (Å²) >= 11 is 1.06. The third kappa shape index (κ3) is 1.69. The molecule has 1 aliphatic rings. The zero-order chi connectivity index (χ0) is 12.9. The van der Waals surface area contributed by atoms with Crippen molar-refractivity contribution in [1.82, 2.24) is 4.98 Å². The molecule has 3 nitrogen and oxygen atoms in total. The largest absolute Gasteiger partial charge is 0.494 e. The minimum atomic E-state index is -2.66. The van der Waals surface area contributed by atoms with Crippen LogP contribution in [-0.4, -0.2) is 31.1 Å². The van der Waals surface area contributed by atoms with Gasteiger partial charge in [0, 0.05) is 0 Å². The zero-order valence-corrected chi connectivity index (χ0v) is 10.2. The number of fused-ring (bicyclic) bond motifs is 1. The molecular formula is C11H9F3N2OS. The van der Waals surface area contributed by atoms with Crippen LogP contribution < -0.4 is 9.64 Å². The van der Waals surface area contributed by atoms with E-state index < -0.39 is 11.7 Å². The minimum Gasteiger partial charge on any atom is -0.494 e. The Balaban J connectivity index is 1.99. The molecule has 0 unspecified atom stereocenters. The van der Waals surface area contributed by atoms with Crippen LogP contribution in [0.25, 0.3) is 10.2 Å². The quantitative estimate of drug-likeness (QED) is 0.842. The van der Waals surface area contributed by atoms with E-state index in [1.165, 1.54) is 18.1 Å². The SMILES string of the molecule is COc1ccc2nc(N3CC(F)(F)C3)sc2c1F. The number of alkyl halides is 2. The fourth-order valence-corrected chi connectivity index (χ4v) is 2.86. The topological polar surface area (TPSA) is 25.4 Å². The van der Waals surface area contributed by atoms with Gasteiger partial charge < -0.3 is 9.64 Å². The molecule has 1 aromatic carbocycles. The fraction of sp³-hybridized carbons (Fsp3) is 0.364. The maximum atomic E-state index is 13.9. The summed E-state index contributed by atoms with van der Waals surface area (Å²) in [6.45, 7) is -0.711. The first kappa shape index (κ1) is 11.6. The molecule has 2 heterocycles. The second-order valence-corrected chi connectivity index (χ2v) is 5.12. The average Bonchev–Trinajstić information content (AvgIpc) is 2.71. The van der Waals surface area contributed by atoms with Crippen molar-refractivity contribution in [1.29, 1.82) is 0 Å². The standard InChI is InChI=1S/C11H9F3N2OS/c1-17-7-3-2-6-9(8(7)12)18-10(15-6)16-4-11(13,14)5-16/h2-3H,4-5H2,1H3. The lowest BCUT2D eigenvalue weighted by atomic mass is 10.2. The lowest BCUT2D eigenvalue weighted by molar-refractivity contribution is -0.0262. The van der Waals surface area contributed by atoms with Crippen molar-refractivity contribution < 1.29 is 17.9 Å². The van der Waals surface area contributed by atoms with Crippen molar-refractivity contribution in [2.75, 3.05) is 25.1 Å². The van der Waals surface area contributed by atoms with Crippen molar-refractivity contribution in [3.63, 3.8) is 0 Å². The van der Waals surface area contributed by atoms with E-state index in [9.17, 15) is 13.2 Å². The van der Waals surface area contributed by atoms with Gasteiger partial charge in [-0.1, -0.05) is 11.3 Å². The number of hydrogen-bond donors (Lipinski definition) is 0. The van der Waals surface area contributed by atoms with E-state index in [0.29, 0.717) is 15.3 Å². The average molecular weight is 274 g/mol. The van der Waals surface area contributed by atoms with Crippen LogP contribution in [0.3, 0.4) is 0 Å². The first-order chi connectivity index (χ1) is 8.50. The summed E-state index contributed by atoms with van der Waals surface area (Å²) in [5, 5.41) is 0.420. The third-order valence-corrected chi connectivity index (χ3v) is 3.91. The Morgan fingerprint density at radius 2 is 2.11 bits per heavy atom. The number of benzene rings is 1. The van der Waals surface area contributed by atoms with Crippen molar-refractivity contribution >= 4 is 26.7 Å². The van der Waals surface area contributed by atoms with Gasteiger partial charge in [-0.05, 0) is 12.1 Å². The summed E-state index contributed by atoms with van der Waals surface area (Å²) in [7, 11) is 1.38. The number of aromatic nitrogens is 1. The van der Waals surface area contributed by atoms with E-state index in [4.69, 9.17) is 4.74 Å². The molecule has 7 heteroatoms. The van der Waals surface area contributed by atoms with Crippen LogP contribution in [0.1, 0.15) is 0 Å². The number of ether oxygens (including phenoxy) is 1. The molecule has 0 bridgehead atoms. The van der Waals surface area contributed by atoms with Gasteiger partial charge in [-0.15, -0.1) is 0 Å². The molecule has 0 spiro atoms. The first-order valence-corrected chi connectivity index (χ1v) is 6.08. The second-order valence-electron chi connectivity index (χ2n) is 4.14. The van der Waals surface area contributed by atoms with Crippen LogP contribution in [0.4, 0.5) is 18.3 Å². The van der Waals surface area contributed by atoms with E-state index in [1.54, 1.807) is 6.07 Å². The first-order valence-electron chi connectivity index (χ1n) is 5.26. The van der Waals surface area contributed by atoms with Crippen LogP contribution in [0, 0.1) is 5.82 Å². The van der Waals surface area contributed by atoms with Gasteiger partial charge in [0.1, 0.15) is 0 Å². The highest BCUT2D eigenvalue weighted by Crippen LogP contribution is 2.38. The molecule has 0 N–H and O–H groups in total. The predicted molar refractivity (Wildman–Crippen MR) is 63.3 cm³/mol. The highest BCUT2D eigenvalue weighted by molar-refractivity contribution is 7.22. The molecular weight excluding hydrogens is 265 g/mol. The van der Waals surface area contributed by atoms with Gasteiger partial charge >= 0.3 is 0 Å². The van der Waals surface area contributed by atoms with Crippen molar-refractivity contribution in [3.05, 3.63) is 17.9 Å². The van der Waals surface area contributed by atoms with Gasteiger partial charge in [-0.3, -0.25) is 0 Å². The van der Waals surface area contributed by atoms with E-state index in [1.807, 2.05) is 0 Å². The fourth-order valence-electron chi connectivity index (χ4n) is 1.87. The Labute approximate surface area is 105 Å². The smallest absolute Gasteiger partial charge is 0.282 e. The summed E-state index contributed by atoms with van der Waals surface area (Å²) in [4.78, 5) is 5.59. The zero-order valence-electron chi connectivity index (χ0n) is 9.41. The van der Waals surface area contributed by atoms with Crippen molar-refractivity contribution in [3.8, 4) is 5.75 Å². The molecule has 0 aliphatic carbocycles. The van der Waals surface area contributed by atoms with Crippen LogP contribution in [0.15, 0.2) is 12.1 Å². The Morgan fingerprint density at radius 3 is 2.72 bits per heavy atom. The summed E-state index contributed by atoms with van der Waals surface area (Å²) in [5.41, 5.74) is 0.462. The van der Waals surface area contributed by atoms with E-state index in [-0.39, 0.29) is 18.8 Å². The maximum Gasteiger partial charge on any atom is 0.282 e. The van der Waals surface area contributed by atoms with Crippen molar-refractivity contribution in [2.24, 2.45) is 0 Å². The third-order valence-electron chi connectivity index (χ3n) is 2.79. The Kier molecular flexibility index (Phi) is 2.41. The molecule has 0 radical (unpaired) electrons. The predicted octanol–water partition coefficient (Wildman–Crippen LogP) is 2.90. The Bertz CT molecular complexity index is 606. The maximum absolute atomic E-state index is 13.9. The minimum absolute atomic E-state index is 0.131. The van der Waals surface area contributed by atoms with Gasteiger partial charge in [0.15, 0.2) is 16.7 Å². The molecule has 1 aromatic heterocycles. The molecule has 2 aromatic rings. The molecule has 1 saturated heterocycles. The lowest BCUT2D eigenvalue weighted by Crippen LogP contribution is -2.56. The number of hydrogen-bond acceptors (Lipinski definition) is 4. The number of methoxy groups -OCH3 is 1. The number of halogens is 3. The van der Waals surface area contributed by atoms with Gasteiger partial charge in [0.25, 0.3) is 5.92 Å². The molecule has 3 rings (SSSR count). The van der Waals surface area contributed by atoms with E-state index in [0.717, 1.165) is 11.3 Å². The van der Waals surface area contributed by atoms with Crippen LogP contribution in [-0.2, 0) is 0 Å². The van der Waals surface area contributed by atoms with E-state index in [2.05, 4.69) is 4.98 Å². The van der Waals surface area contributed by atoms with Crippen LogP contribution in [0.5, 0.6) is 5.75 Å². The number of nitrogens with zero attached hydrogens (tertiary/aromatic N) is 2. The lowest BCUT2D eigenvalue weighted by Gasteiger charge is -2.38. The number of rotatable bonds is 2. The van der Waals surface area contributed by atoms with E-state index >= 15 is 0 Å². The number of thiazole rings is 1. The molecule has 1 fully saturated rings. The Morgan fingerprint density at radius 1 is 1.39 bits per heavy atom. The van der Waals surface area contributed by atoms with Crippen LogP contribution in [0.2, 0.25) is 0 Å². The molecule has 0 saturated carbocycles. The van der Waals surface area contributed by atoms with Gasteiger partial charge in [-0.25, -0.2) is 18.2 Å². The summed E-state index contributed by atoms with van der Waals surface area (Å²) in [6, 6.07) is 3.10. The second kappa shape index (κ2) is 3.74. The summed E-state index contributed by atoms with van der Waals surface area (Å²) in [5.74, 6) is -3.02. The molecule has 96 valence electrons. The highest BCUT2D eigenvalue weighted by atomic mass is 32.1. The van der Waals surface area contributed by atoms with Gasteiger partial charge in [-0.2, -0.15) is 0 Å². The normalized spacial score (nSPS) is 17.9. The van der Waals surface area contributed by atoms with Gasteiger partial charge in [0.05, 0.1) is 30.4 Å². The number of anilines is 1. The highest BCUT2D eigenvalue weighted by Gasteiger charge is 2.45. The molecule has 0 atom stereocenters. The Hall–Kier alpha value is -1.50. The summed E-state index contributed by atoms with van der Waals surface area (Å²) in [6.07, 6.45) is 0.